The van der Waals surface area contributed by atoms with E-state index >= 15 is 0 Å². The lowest BCUT2D eigenvalue weighted by molar-refractivity contribution is -0.118. The van der Waals surface area contributed by atoms with Crippen molar-refractivity contribution in [2.45, 2.75) is 32.2 Å². The molecule has 124 valence electrons. The second-order valence-corrected chi connectivity index (χ2v) is 7.09. The third-order valence-corrected chi connectivity index (χ3v) is 4.74. The van der Waals surface area contributed by atoms with Crippen LogP contribution in [0.25, 0.3) is 0 Å². The number of piperidine rings is 1. The van der Waals surface area contributed by atoms with Crippen LogP contribution >= 0.6 is 12.4 Å². The number of sulfonamides is 1. The van der Waals surface area contributed by atoms with E-state index in [2.05, 4.69) is 15.4 Å². The van der Waals surface area contributed by atoms with Crippen LogP contribution in [0.3, 0.4) is 0 Å². The van der Waals surface area contributed by atoms with Gasteiger partial charge in [0.25, 0.3) is 0 Å². The van der Waals surface area contributed by atoms with Crippen molar-refractivity contribution >= 4 is 39.7 Å². The van der Waals surface area contributed by atoms with Crippen LogP contribution in [0.1, 0.15) is 26.2 Å². The van der Waals surface area contributed by atoms with Crippen LogP contribution in [0.2, 0.25) is 0 Å². The summed E-state index contributed by atoms with van der Waals surface area (Å²) >= 11 is 0. The van der Waals surface area contributed by atoms with E-state index in [-0.39, 0.29) is 30.1 Å². The fourth-order valence-electron chi connectivity index (χ4n) is 2.18. The molecule has 2 rings (SSSR count). The molecule has 1 heterocycles. The lowest BCUT2D eigenvalue weighted by Gasteiger charge is -2.22. The van der Waals surface area contributed by atoms with Gasteiger partial charge in [0, 0.05) is 11.4 Å². The number of rotatable bonds is 5. The Morgan fingerprint density at radius 2 is 1.86 bits per heavy atom. The number of hydrogen-bond donors (Lipinski definition) is 3. The first-order chi connectivity index (χ1) is 10.00. The zero-order valence-electron chi connectivity index (χ0n) is 12.5. The maximum Gasteiger partial charge on any atom is 0.241 e. The molecule has 8 heteroatoms. The first kappa shape index (κ1) is 18.7. The maximum atomic E-state index is 12.0. The van der Waals surface area contributed by atoms with Crippen LogP contribution in [0.15, 0.2) is 24.3 Å². The Balaban J connectivity index is 0.00000242. The summed E-state index contributed by atoms with van der Waals surface area (Å²) in [7, 11) is -3.27. The molecule has 1 aromatic rings. The fraction of sp³-hybridized carbons (Fsp3) is 0.500. The van der Waals surface area contributed by atoms with Crippen molar-refractivity contribution < 1.29 is 13.2 Å². The molecule has 1 atom stereocenters. The molecule has 1 saturated heterocycles. The first-order valence-electron chi connectivity index (χ1n) is 7.15. The molecular weight excluding hydrogens is 326 g/mol. The highest BCUT2D eigenvalue weighted by Gasteiger charge is 2.20. The average molecular weight is 348 g/mol. The smallest absolute Gasteiger partial charge is 0.241 e. The molecule has 3 N–H and O–H groups in total. The zero-order valence-corrected chi connectivity index (χ0v) is 14.1. The second kappa shape index (κ2) is 8.36. The van der Waals surface area contributed by atoms with Gasteiger partial charge in [-0.3, -0.25) is 9.52 Å². The van der Waals surface area contributed by atoms with Crippen LogP contribution in [0, 0.1) is 0 Å². The summed E-state index contributed by atoms with van der Waals surface area (Å²) in [5, 5.41) is 6.02. The number of benzene rings is 1. The number of anilines is 2. The number of hydrogen-bond acceptors (Lipinski definition) is 4. The molecule has 0 aromatic heterocycles. The summed E-state index contributed by atoms with van der Waals surface area (Å²) in [5.41, 5.74) is 1.15. The summed E-state index contributed by atoms with van der Waals surface area (Å²) in [4.78, 5) is 12.0. The SMILES string of the molecule is CCS(=O)(=O)Nc1ccc(NC(=O)C2CCCCN2)cc1.Cl. The summed E-state index contributed by atoms with van der Waals surface area (Å²) in [6.07, 6.45) is 3.01. The van der Waals surface area contributed by atoms with Gasteiger partial charge in [-0.1, -0.05) is 6.42 Å². The van der Waals surface area contributed by atoms with Gasteiger partial charge in [0.1, 0.15) is 0 Å². The molecule has 0 spiro atoms. The molecule has 1 aliphatic heterocycles. The summed E-state index contributed by atoms with van der Waals surface area (Å²) in [5.74, 6) is -0.0182. The van der Waals surface area contributed by atoms with Gasteiger partial charge in [0.15, 0.2) is 0 Å². The minimum absolute atomic E-state index is 0. The molecule has 6 nitrogen and oxygen atoms in total. The standard InChI is InChI=1S/C14H21N3O3S.ClH/c1-2-21(19,20)17-12-8-6-11(7-9-12)16-14(18)13-5-3-4-10-15-13;/h6-9,13,15,17H,2-5,10H2,1H3,(H,16,18);1H. The summed E-state index contributed by atoms with van der Waals surface area (Å²) in [6, 6.07) is 6.51. The summed E-state index contributed by atoms with van der Waals surface area (Å²) in [6.45, 7) is 2.45. The maximum absolute atomic E-state index is 12.0. The van der Waals surface area contributed by atoms with E-state index in [9.17, 15) is 13.2 Å². The predicted molar refractivity (Wildman–Crippen MR) is 91.0 cm³/mol. The molecule has 1 fully saturated rings. The Hall–Kier alpha value is -1.31. The van der Waals surface area contributed by atoms with Gasteiger partial charge in [-0.2, -0.15) is 0 Å². The third-order valence-electron chi connectivity index (χ3n) is 3.43. The number of carbonyl (C=O) groups is 1. The van der Waals surface area contributed by atoms with Gasteiger partial charge in [0.05, 0.1) is 11.8 Å². The molecule has 0 bridgehead atoms. The van der Waals surface area contributed by atoms with Gasteiger partial charge in [-0.15, -0.1) is 12.4 Å². The van der Waals surface area contributed by atoms with E-state index in [0.29, 0.717) is 11.4 Å². The Labute approximate surface area is 137 Å². The minimum Gasteiger partial charge on any atom is -0.325 e. The van der Waals surface area contributed by atoms with Crippen molar-refractivity contribution in [2.24, 2.45) is 0 Å². The van der Waals surface area contributed by atoms with E-state index < -0.39 is 10.0 Å². The van der Waals surface area contributed by atoms with Gasteiger partial charge >= 0.3 is 0 Å². The molecule has 0 saturated carbocycles. The van der Waals surface area contributed by atoms with Crippen LogP contribution in [-0.2, 0) is 14.8 Å². The van der Waals surface area contributed by atoms with Crippen LogP contribution in [-0.4, -0.2) is 32.7 Å². The molecule has 1 aromatic carbocycles. The monoisotopic (exact) mass is 347 g/mol. The molecule has 0 radical (unpaired) electrons. The Morgan fingerprint density at radius 1 is 1.23 bits per heavy atom. The van der Waals surface area contributed by atoms with E-state index in [1.165, 1.54) is 0 Å². The average Bonchev–Trinajstić information content (AvgIpc) is 2.50. The number of amides is 1. The van der Waals surface area contributed by atoms with E-state index in [0.717, 1.165) is 25.8 Å². The van der Waals surface area contributed by atoms with Crippen LogP contribution < -0.4 is 15.4 Å². The topological polar surface area (TPSA) is 87.3 Å². The Kier molecular flexibility index (Phi) is 7.12. The highest BCUT2D eigenvalue weighted by atomic mass is 35.5. The third kappa shape index (κ3) is 5.47. The van der Waals surface area contributed by atoms with Crippen molar-refractivity contribution in [3.8, 4) is 0 Å². The van der Waals surface area contributed by atoms with Crippen molar-refractivity contribution in [2.75, 3.05) is 22.3 Å². The van der Waals surface area contributed by atoms with Crippen molar-refractivity contribution in [1.82, 2.24) is 5.32 Å². The van der Waals surface area contributed by atoms with E-state index in [4.69, 9.17) is 0 Å². The quantitative estimate of drug-likeness (QED) is 0.759. The van der Waals surface area contributed by atoms with Gasteiger partial charge in [-0.05, 0) is 50.6 Å². The van der Waals surface area contributed by atoms with Crippen molar-refractivity contribution in [1.29, 1.82) is 0 Å². The molecule has 1 aliphatic rings. The normalized spacial score (nSPS) is 18.1. The second-order valence-electron chi connectivity index (χ2n) is 5.07. The van der Waals surface area contributed by atoms with Crippen LogP contribution in [0.4, 0.5) is 11.4 Å². The van der Waals surface area contributed by atoms with Crippen molar-refractivity contribution in [3.63, 3.8) is 0 Å². The predicted octanol–water partition coefficient (Wildman–Crippen LogP) is 1.95. The zero-order chi connectivity index (χ0) is 15.3. The molecule has 22 heavy (non-hydrogen) atoms. The van der Waals surface area contributed by atoms with Gasteiger partial charge < -0.3 is 10.6 Å². The van der Waals surface area contributed by atoms with Gasteiger partial charge in [0.2, 0.25) is 15.9 Å². The largest absolute Gasteiger partial charge is 0.325 e. The highest BCUT2D eigenvalue weighted by molar-refractivity contribution is 7.92. The Morgan fingerprint density at radius 3 is 2.41 bits per heavy atom. The summed E-state index contributed by atoms with van der Waals surface area (Å²) < 4.78 is 25.4. The van der Waals surface area contributed by atoms with Crippen LogP contribution in [0.5, 0.6) is 0 Å². The molecule has 1 unspecified atom stereocenters. The van der Waals surface area contributed by atoms with Crippen molar-refractivity contribution in [3.05, 3.63) is 24.3 Å². The lowest BCUT2D eigenvalue weighted by Crippen LogP contribution is -2.43. The lowest BCUT2D eigenvalue weighted by atomic mass is 10.0. The molecule has 0 aliphatic carbocycles. The minimum atomic E-state index is -3.27. The fourth-order valence-corrected chi connectivity index (χ4v) is 2.82. The first-order valence-corrected chi connectivity index (χ1v) is 8.80. The molecular formula is C14H22ClN3O3S. The number of nitrogens with one attached hydrogen (secondary N) is 3. The Bertz CT molecular complexity index is 584. The van der Waals surface area contributed by atoms with E-state index in [1.807, 2.05) is 0 Å². The van der Waals surface area contributed by atoms with E-state index in [1.54, 1.807) is 31.2 Å². The number of carbonyl (C=O) groups excluding carboxylic acids is 1. The molecule has 1 amide bonds. The van der Waals surface area contributed by atoms with Gasteiger partial charge in [-0.25, -0.2) is 8.42 Å². The number of halogens is 1. The highest BCUT2D eigenvalue weighted by Crippen LogP contribution is 2.16.